The van der Waals surface area contributed by atoms with Gasteiger partial charge in [0.15, 0.2) is 0 Å². The van der Waals surface area contributed by atoms with Crippen LogP contribution in [-0.2, 0) is 11.2 Å². The standard InChI is InChI=1S/C15H19NO/c1-3-5-12-16(11-4-2)15(17)13-14-9-7-6-8-10-14/h3-4,6-11H,1,5,12-13H2,2H3/b11-4+. The molecule has 1 aromatic carbocycles. The molecule has 1 amide bonds. The molecule has 0 N–H and O–H groups in total. The fourth-order valence-corrected chi connectivity index (χ4v) is 1.56. The molecule has 0 radical (unpaired) electrons. The van der Waals surface area contributed by atoms with Crippen LogP contribution in [0.2, 0.25) is 0 Å². The molecule has 0 heterocycles. The summed E-state index contributed by atoms with van der Waals surface area (Å²) in [5.74, 6) is 0.121. The van der Waals surface area contributed by atoms with Crippen LogP contribution in [0.25, 0.3) is 0 Å². The van der Waals surface area contributed by atoms with Gasteiger partial charge in [-0.15, -0.1) is 6.58 Å². The minimum Gasteiger partial charge on any atom is -0.319 e. The van der Waals surface area contributed by atoms with Crippen LogP contribution in [0.1, 0.15) is 18.9 Å². The number of carbonyl (C=O) groups excluding carboxylic acids is 1. The van der Waals surface area contributed by atoms with E-state index < -0.39 is 0 Å². The summed E-state index contributed by atoms with van der Waals surface area (Å²) in [6, 6.07) is 9.80. The van der Waals surface area contributed by atoms with E-state index in [2.05, 4.69) is 6.58 Å². The van der Waals surface area contributed by atoms with Crippen molar-refractivity contribution in [3.05, 3.63) is 60.8 Å². The van der Waals surface area contributed by atoms with Gasteiger partial charge < -0.3 is 4.90 Å². The van der Waals surface area contributed by atoms with Gasteiger partial charge in [-0.1, -0.05) is 42.5 Å². The van der Waals surface area contributed by atoms with E-state index in [1.54, 1.807) is 4.90 Å². The molecule has 90 valence electrons. The molecule has 2 heteroatoms. The zero-order valence-electron chi connectivity index (χ0n) is 10.3. The van der Waals surface area contributed by atoms with Gasteiger partial charge in [-0.2, -0.15) is 0 Å². The molecule has 0 saturated heterocycles. The second-order valence-corrected chi connectivity index (χ2v) is 3.81. The average Bonchev–Trinajstić information content (AvgIpc) is 2.35. The van der Waals surface area contributed by atoms with Crippen LogP contribution in [0.5, 0.6) is 0 Å². The molecule has 17 heavy (non-hydrogen) atoms. The van der Waals surface area contributed by atoms with Gasteiger partial charge in [0.2, 0.25) is 5.91 Å². The van der Waals surface area contributed by atoms with Crippen LogP contribution >= 0.6 is 0 Å². The van der Waals surface area contributed by atoms with Crippen molar-refractivity contribution in [1.29, 1.82) is 0 Å². The summed E-state index contributed by atoms with van der Waals surface area (Å²) in [4.78, 5) is 13.8. The Kier molecular flexibility index (Phi) is 5.80. The van der Waals surface area contributed by atoms with E-state index >= 15 is 0 Å². The lowest BCUT2D eigenvalue weighted by molar-refractivity contribution is -0.127. The molecule has 1 aromatic rings. The van der Waals surface area contributed by atoms with Gasteiger partial charge in [0.25, 0.3) is 0 Å². The van der Waals surface area contributed by atoms with E-state index in [0.717, 1.165) is 12.0 Å². The number of allylic oxidation sites excluding steroid dienone is 1. The van der Waals surface area contributed by atoms with E-state index in [4.69, 9.17) is 0 Å². The topological polar surface area (TPSA) is 20.3 Å². The van der Waals surface area contributed by atoms with Gasteiger partial charge in [0.1, 0.15) is 0 Å². The molecule has 0 aliphatic heterocycles. The van der Waals surface area contributed by atoms with Gasteiger partial charge in [-0.3, -0.25) is 4.79 Å². The van der Waals surface area contributed by atoms with Gasteiger partial charge >= 0.3 is 0 Å². The number of rotatable bonds is 6. The van der Waals surface area contributed by atoms with Crippen LogP contribution in [0.15, 0.2) is 55.3 Å². The molecule has 0 spiro atoms. The molecule has 0 atom stereocenters. The Hall–Kier alpha value is -1.83. The van der Waals surface area contributed by atoms with Crippen molar-refractivity contribution in [2.24, 2.45) is 0 Å². The first-order valence-electron chi connectivity index (χ1n) is 5.85. The summed E-state index contributed by atoms with van der Waals surface area (Å²) in [5, 5.41) is 0. The van der Waals surface area contributed by atoms with Crippen molar-refractivity contribution in [1.82, 2.24) is 4.90 Å². The van der Waals surface area contributed by atoms with Crippen molar-refractivity contribution >= 4 is 5.91 Å². The van der Waals surface area contributed by atoms with Crippen molar-refractivity contribution in [3.8, 4) is 0 Å². The molecule has 0 saturated carbocycles. The normalized spacial score (nSPS) is 10.4. The van der Waals surface area contributed by atoms with Gasteiger partial charge in [0, 0.05) is 12.7 Å². The van der Waals surface area contributed by atoms with Crippen molar-refractivity contribution in [2.45, 2.75) is 19.8 Å². The maximum atomic E-state index is 12.0. The van der Waals surface area contributed by atoms with Gasteiger partial charge in [-0.05, 0) is 18.9 Å². The lowest BCUT2D eigenvalue weighted by atomic mass is 10.1. The molecule has 2 nitrogen and oxygen atoms in total. The summed E-state index contributed by atoms with van der Waals surface area (Å²) >= 11 is 0. The summed E-state index contributed by atoms with van der Waals surface area (Å²) in [5.41, 5.74) is 1.05. The Balaban J connectivity index is 2.62. The molecule has 0 aliphatic carbocycles. The van der Waals surface area contributed by atoms with Crippen LogP contribution in [0, 0.1) is 0 Å². The molecular weight excluding hydrogens is 210 g/mol. The molecule has 0 aliphatic rings. The zero-order chi connectivity index (χ0) is 12.5. The van der Waals surface area contributed by atoms with Crippen LogP contribution < -0.4 is 0 Å². The average molecular weight is 229 g/mol. The number of carbonyl (C=O) groups is 1. The summed E-state index contributed by atoms with van der Waals surface area (Å²) < 4.78 is 0. The maximum absolute atomic E-state index is 12.0. The highest BCUT2D eigenvalue weighted by molar-refractivity contribution is 5.79. The first-order valence-corrected chi connectivity index (χ1v) is 5.85. The number of nitrogens with zero attached hydrogens (tertiary/aromatic N) is 1. The molecule has 0 unspecified atom stereocenters. The third kappa shape index (κ3) is 4.68. The van der Waals surface area contributed by atoms with Crippen molar-refractivity contribution < 1.29 is 4.79 Å². The van der Waals surface area contributed by atoms with E-state index in [9.17, 15) is 4.79 Å². The zero-order valence-corrected chi connectivity index (χ0v) is 10.3. The Labute approximate surface area is 103 Å². The Bertz CT molecular complexity index is 381. The third-order valence-corrected chi connectivity index (χ3v) is 2.42. The van der Waals surface area contributed by atoms with Crippen molar-refractivity contribution in [2.75, 3.05) is 6.54 Å². The van der Waals surface area contributed by atoms with E-state index in [-0.39, 0.29) is 5.91 Å². The second kappa shape index (κ2) is 7.44. The first-order chi connectivity index (χ1) is 8.27. The monoisotopic (exact) mass is 229 g/mol. The maximum Gasteiger partial charge on any atom is 0.230 e. The fourth-order valence-electron chi connectivity index (χ4n) is 1.56. The highest BCUT2D eigenvalue weighted by atomic mass is 16.2. The smallest absolute Gasteiger partial charge is 0.230 e. The predicted molar refractivity (Wildman–Crippen MR) is 71.5 cm³/mol. The van der Waals surface area contributed by atoms with Crippen LogP contribution in [0.3, 0.4) is 0 Å². The fraction of sp³-hybridized carbons (Fsp3) is 0.267. The number of amides is 1. The predicted octanol–water partition coefficient (Wildman–Crippen LogP) is 3.17. The molecule has 0 bridgehead atoms. The first kappa shape index (κ1) is 13.2. The number of hydrogen-bond donors (Lipinski definition) is 0. The van der Waals surface area contributed by atoms with Crippen LogP contribution in [-0.4, -0.2) is 17.4 Å². The largest absolute Gasteiger partial charge is 0.319 e. The Morgan fingerprint density at radius 2 is 2.06 bits per heavy atom. The highest BCUT2D eigenvalue weighted by Crippen LogP contribution is 2.04. The number of benzene rings is 1. The summed E-state index contributed by atoms with van der Waals surface area (Å²) in [6.45, 7) is 6.28. The lowest BCUT2D eigenvalue weighted by Gasteiger charge is -2.17. The second-order valence-electron chi connectivity index (χ2n) is 3.81. The van der Waals surface area contributed by atoms with Crippen LogP contribution in [0.4, 0.5) is 0 Å². The Morgan fingerprint density at radius 1 is 1.35 bits per heavy atom. The van der Waals surface area contributed by atoms with Crippen molar-refractivity contribution in [3.63, 3.8) is 0 Å². The summed E-state index contributed by atoms with van der Waals surface area (Å²) in [7, 11) is 0. The van der Waals surface area contributed by atoms with E-state index in [0.29, 0.717) is 13.0 Å². The van der Waals surface area contributed by atoms with E-state index in [1.807, 2.05) is 55.6 Å². The highest BCUT2D eigenvalue weighted by Gasteiger charge is 2.10. The molecular formula is C15H19NO. The third-order valence-electron chi connectivity index (χ3n) is 2.42. The minimum atomic E-state index is 0.121. The minimum absolute atomic E-state index is 0.121. The van der Waals surface area contributed by atoms with Gasteiger partial charge in [0.05, 0.1) is 6.42 Å². The van der Waals surface area contributed by atoms with E-state index in [1.165, 1.54) is 0 Å². The van der Waals surface area contributed by atoms with Gasteiger partial charge in [-0.25, -0.2) is 0 Å². The number of hydrogen-bond acceptors (Lipinski definition) is 1. The summed E-state index contributed by atoms with van der Waals surface area (Å²) in [6.07, 6.45) is 6.79. The molecule has 1 rings (SSSR count). The molecule has 0 aromatic heterocycles. The Morgan fingerprint density at radius 3 is 2.65 bits per heavy atom. The lowest BCUT2D eigenvalue weighted by Crippen LogP contribution is -2.28. The molecule has 0 fully saturated rings. The SMILES string of the molecule is C=CCCN(/C=C/C)C(=O)Cc1ccccc1. The quantitative estimate of drug-likeness (QED) is 0.686.